The second kappa shape index (κ2) is 7.47. The van der Waals surface area contributed by atoms with Crippen molar-refractivity contribution in [3.05, 3.63) is 11.8 Å². The molecule has 0 bridgehead atoms. The molecule has 6 nitrogen and oxygen atoms in total. The Bertz CT molecular complexity index is 317. The lowest BCUT2D eigenvalue weighted by Gasteiger charge is -2.34. The zero-order chi connectivity index (χ0) is 13.5. The number of aliphatic hydroxyl groups excluding tert-OH is 1. The van der Waals surface area contributed by atoms with E-state index >= 15 is 0 Å². The molecular weight excluding hydrogens is 246 g/mol. The Balaban J connectivity index is 1.72. The Morgan fingerprint density at radius 3 is 2.58 bits per heavy atom. The van der Waals surface area contributed by atoms with E-state index in [1.165, 1.54) is 5.57 Å². The van der Waals surface area contributed by atoms with E-state index in [9.17, 15) is 4.79 Å². The third-order valence-corrected chi connectivity index (χ3v) is 3.61. The maximum atomic E-state index is 12.0. The maximum Gasteiger partial charge on any atom is 0.321 e. The van der Waals surface area contributed by atoms with E-state index in [-0.39, 0.29) is 12.6 Å². The van der Waals surface area contributed by atoms with Gasteiger partial charge in [0, 0.05) is 38.9 Å². The molecule has 0 aliphatic carbocycles. The van der Waals surface area contributed by atoms with Crippen molar-refractivity contribution in [3.8, 4) is 0 Å². The van der Waals surface area contributed by atoms with Crippen LogP contribution >= 0.6 is 0 Å². The zero-order valence-electron chi connectivity index (χ0n) is 11.3. The summed E-state index contributed by atoms with van der Waals surface area (Å²) in [6.45, 7) is 5.48. The van der Waals surface area contributed by atoms with Gasteiger partial charge in [0.15, 0.2) is 0 Å². The van der Waals surface area contributed by atoms with Crippen molar-refractivity contribution in [1.29, 1.82) is 0 Å². The molecule has 2 heterocycles. The topological polar surface area (TPSA) is 65.0 Å². The van der Waals surface area contributed by atoms with Gasteiger partial charge in [-0.05, 0) is 18.4 Å². The minimum Gasteiger partial charge on any atom is -0.395 e. The highest BCUT2D eigenvalue weighted by molar-refractivity contribution is 5.75. The summed E-state index contributed by atoms with van der Waals surface area (Å²) in [5, 5.41) is 11.7. The standard InChI is InChI=1S/C13H23N3O3/c17-8-7-15-3-5-16(6-4-15)13(18)14-11-12-1-9-19-10-2-12/h11,17H,1-10H2,(H,14,18). The molecule has 0 spiro atoms. The number of rotatable bonds is 3. The second-order valence-electron chi connectivity index (χ2n) is 4.92. The third-order valence-electron chi connectivity index (χ3n) is 3.61. The molecule has 2 amide bonds. The molecule has 2 saturated heterocycles. The quantitative estimate of drug-likeness (QED) is 0.757. The third kappa shape index (κ3) is 4.49. The van der Waals surface area contributed by atoms with Crippen LogP contribution in [-0.4, -0.2) is 73.5 Å². The fourth-order valence-electron chi connectivity index (χ4n) is 2.35. The van der Waals surface area contributed by atoms with Gasteiger partial charge in [-0.15, -0.1) is 0 Å². The van der Waals surface area contributed by atoms with E-state index in [2.05, 4.69) is 10.2 Å². The lowest BCUT2D eigenvalue weighted by atomic mass is 10.1. The molecular formula is C13H23N3O3. The minimum atomic E-state index is -0.0253. The molecule has 2 fully saturated rings. The van der Waals surface area contributed by atoms with E-state index in [1.807, 2.05) is 11.1 Å². The van der Waals surface area contributed by atoms with Gasteiger partial charge in [-0.3, -0.25) is 4.90 Å². The first-order valence-electron chi connectivity index (χ1n) is 6.94. The number of β-amino-alcohol motifs (C(OH)–C–C–N with tert-alkyl or cyclic N) is 1. The lowest BCUT2D eigenvalue weighted by molar-refractivity contribution is 0.117. The summed E-state index contributed by atoms with van der Waals surface area (Å²) < 4.78 is 5.27. The number of carbonyl (C=O) groups excluding carboxylic acids is 1. The molecule has 0 unspecified atom stereocenters. The first-order chi connectivity index (χ1) is 9.29. The summed E-state index contributed by atoms with van der Waals surface area (Å²) in [4.78, 5) is 16.0. The molecule has 0 radical (unpaired) electrons. The van der Waals surface area contributed by atoms with Crippen LogP contribution in [0, 0.1) is 0 Å². The first-order valence-corrected chi connectivity index (χ1v) is 6.94. The van der Waals surface area contributed by atoms with Crippen molar-refractivity contribution in [1.82, 2.24) is 15.1 Å². The molecule has 2 N–H and O–H groups in total. The molecule has 19 heavy (non-hydrogen) atoms. The van der Waals surface area contributed by atoms with E-state index < -0.39 is 0 Å². The van der Waals surface area contributed by atoms with Crippen LogP contribution < -0.4 is 5.32 Å². The summed E-state index contributed by atoms with van der Waals surface area (Å²) >= 11 is 0. The summed E-state index contributed by atoms with van der Waals surface area (Å²) in [5.74, 6) is 0. The summed E-state index contributed by atoms with van der Waals surface area (Å²) in [6.07, 6.45) is 3.65. The number of urea groups is 1. The molecule has 2 aliphatic heterocycles. The van der Waals surface area contributed by atoms with Crippen LogP contribution in [0.1, 0.15) is 12.8 Å². The number of ether oxygens (including phenoxy) is 1. The Hall–Kier alpha value is -1.11. The molecule has 2 aliphatic rings. The molecule has 0 aromatic heterocycles. The van der Waals surface area contributed by atoms with Gasteiger partial charge in [0.05, 0.1) is 19.8 Å². The average Bonchev–Trinajstić information content (AvgIpc) is 2.47. The van der Waals surface area contributed by atoms with Crippen molar-refractivity contribution in [2.75, 3.05) is 52.5 Å². The second-order valence-corrected chi connectivity index (χ2v) is 4.92. The van der Waals surface area contributed by atoms with Crippen LogP contribution in [-0.2, 0) is 4.74 Å². The number of aliphatic hydroxyl groups is 1. The number of nitrogens with zero attached hydrogens (tertiary/aromatic N) is 2. The predicted octanol–water partition coefficient (Wildman–Crippen LogP) is 0.000200. The van der Waals surface area contributed by atoms with Gasteiger partial charge in [0.2, 0.25) is 0 Å². The fraction of sp³-hybridized carbons (Fsp3) is 0.769. The average molecular weight is 269 g/mol. The number of piperazine rings is 1. The minimum absolute atomic E-state index is 0.0253. The van der Waals surface area contributed by atoms with Crippen LogP contribution in [0.25, 0.3) is 0 Å². The SMILES string of the molecule is O=C(NC=C1CCOCC1)N1CCN(CCO)CC1. The number of hydrogen-bond donors (Lipinski definition) is 2. The Labute approximate surface area is 114 Å². The summed E-state index contributed by atoms with van der Waals surface area (Å²) in [6, 6.07) is -0.0253. The van der Waals surface area contributed by atoms with Crippen molar-refractivity contribution in [2.24, 2.45) is 0 Å². The number of carbonyl (C=O) groups is 1. The fourth-order valence-corrected chi connectivity index (χ4v) is 2.35. The molecule has 108 valence electrons. The van der Waals surface area contributed by atoms with Crippen molar-refractivity contribution in [3.63, 3.8) is 0 Å². The van der Waals surface area contributed by atoms with Crippen LogP contribution in [0.15, 0.2) is 11.8 Å². The van der Waals surface area contributed by atoms with Crippen LogP contribution in [0.3, 0.4) is 0 Å². The number of hydrogen-bond acceptors (Lipinski definition) is 4. The number of amides is 2. The summed E-state index contributed by atoms with van der Waals surface area (Å²) in [7, 11) is 0. The molecule has 0 saturated carbocycles. The Morgan fingerprint density at radius 1 is 1.26 bits per heavy atom. The van der Waals surface area contributed by atoms with E-state index in [0.717, 1.165) is 52.2 Å². The highest BCUT2D eigenvalue weighted by atomic mass is 16.5. The smallest absolute Gasteiger partial charge is 0.321 e. The first kappa shape index (κ1) is 14.3. The van der Waals surface area contributed by atoms with Crippen molar-refractivity contribution >= 4 is 6.03 Å². The molecule has 0 atom stereocenters. The van der Waals surface area contributed by atoms with Gasteiger partial charge < -0.3 is 20.1 Å². The van der Waals surface area contributed by atoms with Gasteiger partial charge >= 0.3 is 6.03 Å². The maximum absolute atomic E-state index is 12.0. The Morgan fingerprint density at radius 2 is 1.95 bits per heavy atom. The highest BCUT2D eigenvalue weighted by Crippen LogP contribution is 2.12. The van der Waals surface area contributed by atoms with Gasteiger partial charge in [0.25, 0.3) is 0 Å². The number of nitrogens with one attached hydrogen (secondary N) is 1. The van der Waals surface area contributed by atoms with Crippen LogP contribution in [0.5, 0.6) is 0 Å². The summed E-state index contributed by atoms with van der Waals surface area (Å²) in [5.41, 5.74) is 1.25. The molecule has 0 aromatic carbocycles. The van der Waals surface area contributed by atoms with Gasteiger partial charge in [-0.2, -0.15) is 0 Å². The van der Waals surface area contributed by atoms with Crippen molar-refractivity contribution < 1.29 is 14.6 Å². The van der Waals surface area contributed by atoms with Gasteiger partial charge in [-0.25, -0.2) is 4.79 Å². The predicted molar refractivity (Wildman–Crippen MR) is 71.8 cm³/mol. The molecule has 0 aromatic rings. The zero-order valence-corrected chi connectivity index (χ0v) is 11.3. The lowest BCUT2D eigenvalue weighted by Crippen LogP contribution is -2.51. The van der Waals surface area contributed by atoms with E-state index in [1.54, 1.807) is 0 Å². The van der Waals surface area contributed by atoms with Gasteiger partial charge in [-0.1, -0.05) is 0 Å². The van der Waals surface area contributed by atoms with E-state index in [0.29, 0.717) is 6.54 Å². The van der Waals surface area contributed by atoms with Crippen LogP contribution in [0.4, 0.5) is 4.79 Å². The Kier molecular flexibility index (Phi) is 5.62. The monoisotopic (exact) mass is 269 g/mol. The largest absolute Gasteiger partial charge is 0.395 e. The van der Waals surface area contributed by atoms with E-state index in [4.69, 9.17) is 9.84 Å². The van der Waals surface area contributed by atoms with Gasteiger partial charge in [0.1, 0.15) is 0 Å². The molecule has 2 rings (SSSR count). The van der Waals surface area contributed by atoms with Crippen molar-refractivity contribution in [2.45, 2.75) is 12.8 Å². The normalized spacial score (nSPS) is 21.3. The highest BCUT2D eigenvalue weighted by Gasteiger charge is 2.20. The molecule has 6 heteroatoms. The van der Waals surface area contributed by atoms with Crippen LogP contribution in [0.2, 0.25) is 0 Å².